The molecule has 0 aliphatic rings. The lowest BCUT2D eigenvalue weighted by atomic mass is 10.0. The van der Waals surface area contributed by atoms with Gasteiger partial charge in [0.05, 0.1) is 12.0 Å². The fraction of sp³-hybridized carbons (Fsp3) is 0.154. The van der Waals surface area contributed by atoms with Gasteiger partial charge in [0.15, 0.2) is 0 Å². The average Bonchev–Trinajstić information content (AvgIpc) is 3.18. The zero-order valence-corrected chi connectivity index (χ0v) is 21.5. The van der Waals surface area contributed by atoms with Crippen molar-refractivity contribution in [2.75, 3.05) is 11.1 Å². The predicted octanol–water partition coefficient (Wildman–Crippen LogP) is 6.40. The van der Waals surface area contributed by atoms with Crippen LogP contribution in [0.3, 0.4) is 0 Å². The molecule has 5 aromatic rings. The molecule has 0 bridgehead atoms. The maximum absolute atomic E-state index is 14.6. The fourth-order valence-corrected chi connectivity index (χ4v) is 4.51. The Morgan fingerprint density at radius 2 is 1.74 bits per heavy atom. The molecular weight excluding hydrogens is 558 g/mol. The summed E-state index contributed by atoms with van der Waals surface area (Å²) in [5.41, 5.74) is 11.3. The molecule has 1 unspecified atom stereocenters. The Kier molecular flexibility index (Phi) is 5.87. The Balaban J connectivity index is 1.49. The number of furan rings is 1. The standard InChI is InChI=1S/C26H22FIN6O/c1-14-13-35-23-5-4-16(8-21(14)23)22-10-24(33-15(2)32-22)34-26(3,28)19-6-17(7-20(27)9-19)18-11-30-25(29)31-12-18/h4-13H,1-3H3,(H2,29,30,31)(H,32,33,34). The van der Waals surface area contributed by atoms with E-state index >= 15 is 0 Å². The van der Waals surface area contributed by atoms with E-state index in [9.17, 15) is 4.39 Å². The van der Waals surface area contributed by atoms with E-state index in [1.54, 1.807) is 18.7 Å². The molecule has 3 N–H and O–H groups in total. The second-order valence-corrected chi connectivity index (χ2v) is 10.7. The van der Waals surface area contributed by atoms with Crippen LogP contribution in [-0.2, 0) is 3.55 Å². The van der Waals surface area contributed by atoms with Crippen LogP contribution in [0.25, 0.3) is 33.4 Å². The van der Waals surface area contributed by atoms with Crippen LogP contribution in [0.2, 0.25) is 0 Å². The van der Waals surface area contributed by atoms with Crippen LogP contribution < -0.4 is 11.1 Å². The molecule has 176 valence electrons. The third-order valence-corrected chi connectivity index (χ3v) is 6.60. The lowest BCUT2D eigenvalue weighted by molar-refractivity contribution is 0.613. The van der Waals surface area contributed by atoms with Gasteiger partial charge in [0.25, 0.3) is 0 Å². The first-order valence-electron chi connectivity index (χ1n) is 10.9. The average molecular weight is 580 g/mol. The van der Waals surface area contributed by atoms with Gasteiger partial charge in [-0.3, -0.25) is 0 Å². The van der Waals surface area contributed by atoms with Gasteiger partial charge in [-0.15, -0.1) is 0 Å². The largest absolute Gasteiger partial charge is 0.464 e. The van der Waals surface area contributed by atoms with Crippen molar-refractivity contribution in [3.63, 3.8) is 0 Å². The molecule has 2 aromatic carbocycles. The molecule has 35 heavy (non-hydrogen) atoms. The Bertz CT molecular complexity index is 1550. The number of hydrogen-bond acceptors (Lipinski definition) is 7. The first kappa shape index (κ1) is 23.2. The van der Waals surface area contributed by atoms with Crippen LogP contribution in [0.5, 0.6) is 0 Å². The number of fused-ring (bicyclic) bond motifs is 1. The minimum absolute atomic E-state index is 0.169. The van der Waals surface area contributed by atoms with Crippen LogP contribution >= 0.6 is 22.6 Å². The molecule has 1 atom stereocenters. The number of hydrogen-bond donors (Lipinski definition) is 2. The number of nitrogens with two attached hydrogens (primary N) is 1. The first-order valence-corrected chi connectivity index (χ1v) is 12.0. The van der Waals surface area contributed by atoms with Gasteiger partial charge in [-0.25, -0.2) is 24.3 Å². The molecular formula is C26H22FIN6O. The molecule has 0 radical (unpaired) electrons. The van der Waals surface area contributed by atoms with E-state index in [4.69, 9.17) is 10.2 Å². The Hall–Kier alpha value is -3.60. The van der Waals surface area contributed by atoms with Gasteiger partial charge >= 0.3 is 0 Å². The number of nitrogens with zero attached hydrogens (tertiary/aromatic N) is 4. The molecule has 5 rings (SSSR count). The molecule has 3 aromatic heterocycles. The molecule has 0 saturated heterocycles. The summed E-state index contributed by atoms with van der Waals surface area (Å²) < 4.78 is 19.5. The number of nitrogens with one attached hydrogen (secondary N) is 1. The zero-order valence-electron chi connectivity index (χ0n) is 19.3. The van der Waals surface area contributed by atoms with Crippen LogP contribution in [0.1, 0.15) is 23.9 Å². The Morgan fingerprint density at radius 3 is 2.51 bits per heavy atom. The second-order valence-electron chi connectivity index (χ2n) is 8.50. The number of nitrogen functional groups attached to an aromatic ring is 1. The molecule has 0 spiro atoms. The molecule has 0 aliphatic carbocycles. The number of benzene rings is 2. The smallest absolute Gasteiger partial charge is 0.219 e. The lowest BCUT2D eigenvalue weighted by Gasteiger charge is -2.26. The summed E-state index contributed by atoms with van der Waals surface area (Å²) in [5, 5.41) is 4.49. The van der Waals surface area contributed by atoms with Crippen molar-refractivity contribution >= 4 is 45.3 Å². The van der Waals surface area contributed by atoms with Gasteiger partial charge in [0, 0.05) is 35.0 Å². The molecule has 0 fully saturated rings. The predicted molar refractivity (Wildman–Crippen MR) is 144 cm³/mol. The van der Waals surface area contributed by atoms with E-state index in [1.165, 1.54) is 12.1 Å². The second kappa shape index (κ2) is 8.88. The van der Waals surface area contributed by atoms with E-state index in [1.807, 2.05) is 45.0 Å². The van der Waals surface area contributed by atoms with Gasteiger partial charge in [-0.1, -0.05) is 0 Å². The number of rotatable bonds is 5. The molecule has 0 amide bonds. The minimum Gasteiger partial charge on any atom is -0.464 e. The normalized spacial score (nSPS) is 13.1. The summed E-state index contributed by atoms with van der Waals surface area (Å²) in [6.07, 6.45) is 4.91. The van der Waals surface area contributed by atoms with Crippen LogP contribution in [-0.4, -0.2) is 19.9 Å². The van der Waals surface area contributed by atoms with Crippen LogP contribution in [0.15, 0.2) is 65.5 Å². The van der Waals surface area contributed by atoms with E-state index in [0.29, 0.717) is 22.8 Å². The Morgan fingerprint density at radius 1 is 0.971 bits per heavy atom. The monoisotopic (exact) mass is 580 g/mol. The highest BCUT2D eigenvalue weighted by atomic mass is 127. The summed E-state index contributed by atoms with van der Waals surface area (Å²) in [4.78, 5) is 17.2. The van der Waals surface area contributed by atoms with Gasteiger partial charge in [0.1, 0.15) is 26.6 Å². The number of aromatic nitrogens is 4. The number of alkyl halides is 1. The van der Waals surface area contributed by atoms with Crippen molar-refractivity contribution in [2.24, 2.45) is 0 Å². The summed E-state index contributed by atoms with van der Waals surface area (Å²) in [6.45, 7) is 5.82. The van der Waals surface area contributed by atoms with Crippen molar-refractivity contribution in [2.45, 2.75) is 24.3 Å². The highest BCUT2D eigenvalue weighted by Gasteiger charge is 2.25. The molecule has 3 heterocycles. The number of halogens is 2. The van der Waals surface area contributed by atoms with E-state index in [0.717, 1.165) is 33.4 Å². The zero-order chi connectivity index (χ0) is 24.7. The molecule has 7 nitrogen and oxygen atoms in total. The quantitative estimate of drug-likeness (QED) is 0.141. The summed E-state index contributed by atoms with van der Waals surface area (Å²) in [7, 11) is 0. The molecule has 0 aliphatic heterocycles. The van der Waals surface area contributed by atoms with Crippen molar-refractivity contribution in [1.82, 2.24) is 19.9 Å². The van der Waals surface area contributed by atoms with Gasteiger partial charge in [0.2, 0.25) is 5.95 Å². The molecule has 9 heteroatoms. The van der Waals surface area contributed by atoms with Crippen molar-refractivity contribution in [1.29, 1.82) is 0 Å². The van der Waals surface area contributed by atoms with Gasteiger partial charge < -0.3 is 15.5 Å². The van der Waals surface area contributed by atoms with E-state index in [2.05, 4.69) is 53.9 Å². The summed E-state index contributed by atoms with van der Waals surface area (Å²) in [5.74, 6) is 1.07. The topological polar surface area (TPSA) is 103 Å². The van der Waals surface area contributed by atoms with Crippen LogP contribution in [0.4, 0.5) is 16.2 Å². The third-order valence-electron chi connectivity index (χ3n) is 5.71. The fourth-order valence-electron chi connectivity index (χ4n) is 3.92. The van der Waals surface area contributed by atoms with Gasteiger partial charge in [-0.05, 0) is 96.5 Å². The maximum atomic E-state index is 14.6. The van der Waals surface area contributed by atoms with E-state index in [-0.39, 0.29) is 11.8 Å². The third kappa shape index (κ3) is 4.81. The number of aryl methyl sites for hydroxylation is 2. The van der Waals surface area contributed by atoms with Gasteiger partial charge in [-0.2, -0.15) is 0 Å². The Labute approximate surface area is 215 Å². The summed E-state index contributed by atoms with van der Waals surface area (Å²) >= 11 is 2.25. The van der Waals surface area contributed by atoms with Crippen molar-refractivity contribution in [3.05, 3.63) is 83.9 Å². The highest BCUT2D eigenvalue weighted by Crippen LogP contribution is 2.36. The first-order chi connectivity index (χ1) is 16.7. The molecule has 0 saturated carbocycles. The minimum atomic E-state index is -0.674. The lowest BCUT2D eigenvalue weighted by Crippen LogP contribution is -2.25. The highest BCUT2D eigenvalue weighted by molar-refractivity contribution is 14.1. The van der Waals surface area contributed by atoms with Crippen molar-refractivity contribution in [3.8, 4) is 22.4 Å². The maximum Gasteiger partial charge on any atom is 0.219 e. The number of anilines is 2. The van der Waals surface area contributed by atoms with E-state index < -0.39 is 3.55 Å². The summed E-state index contributed by atoms with van der Waals surface area (Å²) in [6, 6.07) is 12.7. The van der Waals surface area contributed by atoms with Crippen molar-refractivity contribution < 1.29 is 8.81 Å². The van der Waals surface area contributed by atoms with Crippen LogP contribution in [0, 0.1) is 19.7 Å². The SMILES string of the molecule is Cc1nc(NC(C)(I)c2cc(F)cc(-c3cnc(N)nc3)c2)cc(-c2ccc3occ(C)c3c2)n1.